The second-order valence-corrected chi connectivity index (χ2v) is 20.4. The van der Waals surface area contributed by atoms with Crippen LogP contribution in [-0.2, 0) is 14.3 Å². The van der Waals surface area contributed by atoms with Crippen LogP contribution < -0.4 is 5.32 Å². The highest BCUT2D eigenvalue weighted by Crippen LogP contribution is 2.23. The Morgan fingerprint density at radius 1 is 0.514 bits per heavy atom. The van der Waals surface area contributed by atoms with Crippen LogP contribution in [-0.4, -0.2) is 110 Å². The number of hydrogen-bond donors (Lipinski definition) is 8. The van der Waals surface area contributed by atoms with Gasteiger partial charge < -0.3 is 50.5 Å². The van der Waals surface area contributed by atoms with E-state index in [0.717, 1.165) is 25.7 Å². The molecule has 0 radical (unpaired) electrons. The SMILES string of the molecule is CCCCCCCC/C=C\C/C=C\CC(O)C(=O)NC(COC1OC(CO)C(O)C(O)C1O)C(O)C(O)CCC/C=C/CC/C=C/CCCCCCCCCCCCCCCCCCCCCCCC. The van der Waals surface area contributed by atoms with Gasteiger partial charge in [0.15, 0.2) is 6.29 Å². The van der Waals surface area contributed by atoms with E-state index in [9.17, 15) is 40.5 Å². The zero-order valence-corrected chi connectivity index (χ0v) is 44.7. The van der Waals surface area contributed by atoms with Gasteiger partial charge in [-0.25, -0.2) is 0 Å². The average molecular weight is 993 g/mol. The first-order valence-electron chi connectivity index (χ1n) is 29.0. The van der Waals surface area contributed by atoms with Crippen molar-refractivity contribution in [2.75, 3.05) is 13.2 Å². The van der Waals surface area contributed by atoms with Gasteiger partial charge in [-0.15, -0.1) is 0 Å². The van der Waals surface area contributed by atoms with Crippen molar-refractivity contribution in [3.8, 4) is 0 Å². The monoisotopic (exact) mass is 992 g/mol. The smallest absolute Gasteiger partial charge is 0.249 e. The molecule has 1 aliphatic rings. The van der Waals surface area contributed by atoms with Crippen LogP contribution in [0.15, 0.2) is 48.6 Å². The van der Waals surface area contributed by atoms with Gasteiger partial charge in [0.05, 0.1) is 25.4 Å². The first-order chi connectivity index (χ1) is 34.2. The lowest BCUT2D eigenvalue weighted by Crippen LogP contribution is -2.60. The Balaban J connectivity index is 2.28. The largest absolute Gasteiger partial charge is 0.394 e. The summed E-state index contributed by atoms with van der Waals surface area (Å²) in [5.41, 5.74) is 0. The molecule has 0 saturated carbocycles. The third-order valence-electron chi connectivity index (χ3n) is 13.8. The van der Waals surface area contributed by atoms with Gasteiger partial charge in [0, 0.05) is 6.42 Å². The molecule has 1 fully saturated rings. The van der Waals surface area contributed by atoms with Crippen LogP contribution >= 0.6 is 0 Å². The molecule has 1 rings (SSSR count). The molecule has 1 amide bonds. The zero-order chi connectivity index (χ0) is 51.1. The number of carbonyl (C=O) groups is 1. The van der Waals surface area contributed by atoms with Gasteiger partial charge in [-0.1, -0.05) is 229 Å². The Morgan fingerprint density at radius 3 is 1.37 bits per heavy atom. The lowest BCUT2D eigenvalue weighted by molar-refractivity contribution is -0.303. The molecule has 11 heteroatoms. The van der Waals surface area contributed by atoms with Crippen LogP contribution in [0.3, 0.4) is 0 Å². The molecule has 0 aromatic carbocycles. The number of unbranched alkanes of at least 4 members (excludes halogenated alkanes) is 30. The van der Waals surface area contributed by atoms with Gasteiger partial charge in [-0.05, 0) is 64.2 Å². The van der Waals surface area contributed by atoms with E-state index in [1.807, 2.05) is 6.08 Å². The van der Waals surface area contributed by atoms with Crippen molar-refractivity contribution in [3.05, 3.63) is 48.6 Å². The molecule has 70 heavy (non-hydrogen) atoms. The summed E-state index contributed by atoms with van der Waals surface area (Å²) in [5.74, 6) is -0.778. The molecule has 9 atom stereocenters. The van der Waals surface area contributed by atoms with Gasteiger partial charge in [0.25, 0.3) is 0 Å². The van der Waals surface area contributed by atoms with Gasteiger partial charge in [0.1, 0.15) is 36.6 Å². The summed E-state index contributed by atoms with van der Waals surface area (Å²) in [6, 6.07) is -1.22. The Labute approximate surface area is 428 Å². The first-order valence-corrected chi connectivity index (χ1v) is 29.0. The predicted molar refractivity (Wildman–Crippen MR) is 288 cm³/mol. The van der Waals surface area contributed by atoms with E-state index in [1.165, 1.54) is 180 Å². The maximum absolute atomic E-state index is 13.1. The van der Waals surface area contributed by atoms with Crippen molar-refractivity contribution in [3.63, 3.8) is 0 Å². The fraction of sp³-hybridized carbons (Fsp3) is 0.847. The number of amides is 1. The number of allylic oxidation sites excluding steroid dienone is 7. The molecule has 11 nitrogen and oxygen atoms in total. The molecule has 0 aromatic heterocycles. The molecule has 1 aliphatic heterocycles. The van der Waals surface area contributed by atoms with E-state index >= 15 is 0 Å². The molecule has 9 unspecified atom stereocenters. The maximum atomic E-state index is 13.1. The second-order valence-electron chi connectivity index (χ2n) is 20.4. The fourth-order valence-corrected chi connectivity index (χ4v) is 9.09. The average Bonchev–Trinajstić information content (AvgIpc) is 3.36. The van der Waals surface area contributed by atoms with E-state index in [2.05, 4.69) is 55.6 Å². The van der Waals surface area contributed by atoms with Crippen molar-refractivity contribution in [1.29, 1.82) is 0 Å². The molecule has 0 bridgehead atoms. The van der Waals surface area contributed by atoms with Crippen LogP contribution in [0.5, 0.6) is 0 Å². The minimum atomic E-state index is -1.68. The van der Waals surface area contributed by atoms with Crippen molar-refractivity contribution < 1.29 is 50.0 Å². The van der Waals surface area contributed by atoms with Crippen molar-refractivity contribution >= 4 is 5.91 Å². The Morgan fingerprint density at radius 2 is 0.914 bits per heavy atom. The fourth-order valence-electron chi connectivity index (χ4n) is 9.09. The number of carbonyl (C=O) groups excluding carboxylic acids is 1. The van der Waals surface area contributed by atoms with E-state index < -0.39 is 74.2 Å². The summed E-state index contributed by atoms with van der Waals surface area (Å²) >= 11 is 0. The van der Waals surface area contributed by atoms with Gasteiger partial charge >= 0.3 is 0 Å². The normalized spacial score (nSPS) is 20.6. The Bertz CT molecular complexity index is 1280. The summed E-state index contributed by atoms with van der Waals surface area (Å²) in [7, 11) is 0. The maximum Gasteiger partial charge on any atom is 0.249 e. The lowest BCUT2D eigenvalue weighted by Gasteiger charge is -2.40. The number of hydrogen-bond acceptors (Lipinski definition) is 10. The quantitative estimate of drug-likeness (QED) is 0.0215. The summed E-state index contributed by atoms with van der Waals surface area (Å²) in [6.45, 7) is 3.39. The van der Waals surface area contributed by atoms with Gasteiger partial charge in [-0.2, -0.15) is 0 Å². The molecule has 0 spiro atoms. The number of aliphatic hydroxyl groups excluding tert-OH is 7. The molecular weight excluding hydrogens is 883 g/mol. The van der Waals surface area contributed by atoms with Gasteiger partial charge in [0.2, 0.25) is 5.91 Å². The summed E-state index contributed by atoms with van der Waals surface area (Å²) in [5, 5.41) is 75.7. The van der Waals surface area contributed by atoms with Crippen molar-refractivity contribution in [1.82, 2.24) is 5.32 Å². The number of rotatable bonds is 49. The molecule has 1 heterocycles. The highest BCUT2D eigenvalue weighted by atomic mass is 16.7. The topological polar surface area (TPSA) is 189 Å². The third kappa shape index (κ3) is 36.1. The van der Waals surface area contributed by atoms with Gasteiger partial charge in [-0.3, -0.25) is 4.79 Å². The van der Waals surface area contributed by atoms with E-state index in [0.29, 0.717) is 19.3 Å². The summed E-state index contributed by atoms with van der Waals surface area (Å²) < 4.78 is 11.1. The third-order valence-corrected chi connectivity index (χ3v) is 13.8. The number of ether oxygens (including phenoxy) is 2. The van der Waals surface area contributed by atoms with Crippen LogP contribution in [0, 0.1) is 0 Å². The van der Waals surface area contributed by atoms with E-state index in [1.54, 1.807) is 6.08 Å². The van der Waals surface area contributed by atoms with Crippen LogP contribution in [0.2, 0.25) is 0 Å². The standard InChI is InChI=1S/C59H109NO10/c1-3-5-7-9-11-13-15-17-18-19-20-21-22-23-24-25-26-27-28-29-30-31-32-33-34-35-37-38-40-42-44-46-51(62)54(64)50(49-69-59-57(67)56(66)55(65)53(48-61)70-59)60-58(68)52(63)47-45-43-41-39-36-16-14-12-10-8-6-4-2/h33-34,36,38-40,43,45,50-57,59,61-67H,3-32,35,37,41-42,44,46-49H2,1-2H3,(H,60,68)/b34-33+,39-36-,40-38+,45-43-. The van der Waals surface area contributed by atoms with E-state index in [4.69, 9.17) is 9.47 Å². The molecule has 8 N–H and O–H groups in total. The minimum absolute atomic E-state index is 0.0395. The highest BCUT2D eigenvalue weighted by molar-refractivity contribution is 5.81. The van der Waals surface area contributed by atoms with Crippen molar-refractivity contribution in [2.24, 2.45) is 0 Å². The van der Waals surface area contributed by atoms with Crippen molar-refractivity contribution in [2.45, 2.75) is 306 Å². The van der Waals surface area contributed by atoms with Crippen LogP contribution in [0.25, 0.3) is 0 Å². The van der Waals surface area contributed by atoms with Crippen LogP contribution in [0.1, 0.15) is 251 Å². The number of nitrogens with one attached hydrogen (secondary N) is 1. The Kier molecular flexibility index (Phi) is 45.3. The minimum Gasteiger partial charge on any atom is -0.394 e. The van der Waals surface area contributed by atoms with E-state index in [-0.39, 0.29) is 12.8 Å². The van der Waals surface area contributed by atoms with Crippen LogP contribution in [0.4, 0.5) is 0 Å². The lowest BCUT2D eigenvalue weighted by atomic mass is 9.99. The molecule has 1 saturated heterocycles. The molecule has 0 aromatic rings. The zero-order valence-electron chi connectivity index (χ0n) is 44.7. The Hall–Kier alpha value is -1.93. The molecular formula is C59H109NO10. The molecule has 410 valence electrons. The number of aliphatic hydroxyl groups is 7. The summed E-state index contributed by atoms with van der Waals surface area (Å²) in [4.78, 5) is 13.1. The predicted octanol–water partition coefficient (Wildman–Crippen LogP) is 12.1. The second kappa shape index (κ2) is 48.0. The summed E-state index contributed by atoms with van der Waals surface area (Å²) in [6.07, 6.45) is 49.4. The highest BCUT2D eigenvalue weighted by Gasteiger charge is 2.44. The molecule has 0 aliphatic carbocycles. The first kappa shape index (κ1) is 66.1.